The highest BCUT2D eigenvalue weighted by Gasteiger charge is 2.20. The van der Waals surface area contributed by atoms with E-state index < -0.39 is 0 Å². The fraction of sp³-hybridized carbons (Fsp3) is 0.391. The summed E-state index contributed by atoms with van der Waals surface area (Å²) in [7, 11) is 0. The predicted molar refractivity (Wildman–Crippen MR) is 106 cm³/mol. The first-order valence-electron chi connectivity index (χ1n) is 9.56. The first kappa shape index (κ1) is 16.4. The molecule has 4 rings (SSSR count). The Morgan fingerprint density at radius 3 is 2.44 bits per heavy atom. The Labute approximate surface area is 150 Å². The monoisotopic (exact) mass is 332 g/mol. The maximum atomic E-state index is 3.53. The third-order valence-electron chi connectivity index (χ3n) is 5.84. The van der Waals surface area contributed by atoms with Crippen LogP contribution in [-0.4, -0.2) is 29.5 Å². The molecule has 130 valence electrons. The molecule has 0 aliphatic carbocycles. The summed E-state index contributed by atoms with van der Waals surface area (Å²) in [6.45, 7) is 7.99. The molecule has 1 aliphatic heterocycles. The van der Waals surface area contributed by atoms with Crippen molar-refractivity contribution < 1.29 is 0 Å². The summed E-state index contributed by atoms with van der Waals surface area (Å²) in [5, 5.41) is 1.40. The molecule has 0 bridgehead atoms. The second-order valence-corrected chi connectivity index (χ2v) is 7.55. The Morgan fingerprint density at radius 1 is 0.960 bits per heavy atom. The average molecular weight is 332 g/mol. The van der Waals surface area contributed by atoms with Gasteiger partial charge in [0.2, 0.25) is 0 Å². The van der Waals surface area contributed by atoms with E-state index in [2.05, 4.69) is 72.3 Å². The van der Waals surface area contributed by atoms with E-state index in [1.54, 1.807) is 0 Å². The molecule has 1 fully saturated rings. The molecular weight excluding hydrogens is 304 g/mol. The van der Waals surface area contributed by atoms with Gasteiger partial charge in [-0.3, -0.25) is 0 Å². The minimum atomic E-state index is 0.742. The van der Waals surface area contributed by atoms with E-state index in [4.69, 9.17) is 0 Å². The molecule has 0 unspecified atom stereocenters. The highest BCUT2D eigenvalue weighted by molar-refractivity contribution is 5.84. The van der Waals surface area contributed by atoms with Gasteiger partial charge in [-0.15, -0.1) is 0 Å². The minimum Gasteiger partial charge on any atom is -0.358 e. The zero-order valence-electron chi connectivity index (χ0n) is 15.4. The highest BCUT2D eigenvalue weighted by atomic mass is 15.1. The van der Waals surface area contributed by atoms with E-state index in [-0.39, 0.29) is 0 Å². The van der Waals surface area contributed by atoms with E-state index in [1.807, 2.05) is 0 Å². The number of aryl methyl sites for hydroxylation is 2. The number of rotatable bonds is 4. The normalized spacial score (nSPS) is 16.6. The van der Waals surface area contributed by atoms with E-state index in [1.165, 1.54) is 65.8 Å². The van der Waals surface area contributed by atoms with Gasteiger partial charge in [0.05, 0.1) is 0 Å². The molecule has 0 saturated carbocycles. The van der Waals surface area contributed by atoms with Crippen LogP contribution in [0.4, 0.5) is 0 Å². The minimum absolute atomic E-state index is 0.742. The molecule has 1 aromatic heterocycles. The van der Waals surface area contributed by atoms with Crippen molar-refractivity contribution in [3.63, 3.8) is 0 Å². The molecule has 0 radical (unpaired) electrons. The third-order valence-corrected chi connectivity index (χ3v) is 5.84. The standard InChI is InChI=1S/C23H28N2/c1-17-7-9-19(10-8-17)20-11-14-25(15-12-20)16-13-21-18(2)24-23-6-4-3-5-22(21)23/h3-10,20,24H,11-16H2,1-2H3. The zero-order chi connectivity index (χ0) is 17.2. The molecular formula is C23H28N2. The number of hydrogen-bond acceptors (Lipinski definition) is 1. The zero-order valence-corrected chi connectivity index (χ0v) is 15.4. The molecule has 2 heteroatoms. The van der Waals surface area contributed by atoms with Crippen LogP contribution < -0.4 is 0 Å². The van der Waals surface area contributed by atoms with Crippen molar-refractivity contribution in [2.75, 3.05) is 19.6 Å². The van der Waals surface area contributed by atoms with Gasteiger partial charge < -0.3 is 9.88 Å². The van der Waals surface area contributed by atoms with Gasteiger partial charge in [0.25, 0.3) is 0 Å². The summed E-state index contributed by atoms with van der Waals surface area (Å²) < 4.78 is 0. The Balaban J connectivity index is 1.36. The molecule has 2 aromatic carbocycles. The second-order valence-electron chi connectivity index (χ2n) is 7.55. The van der Waals surface area contributed by atoms with Crippen molar-refractivity contribution in [2.45, 2.75) is 39.0 Å². The number of likely N-dealkylation sites (tertiary alicyclic amines) is 1. The van der Waals surface area contributed by atoms with Crippen LogP contribution in [0.3, 0.4) is 0 Å². The Hall–Kier alpha value is -2.06. The van der Waals surface area contributed by atoms with Crippen molar-refractivity contribution in [3.8, 4) is 0 Å². The lowest BCUT2D eigenvalue weighted by molar-refractivity contribution is 0.214. The van der Waals surface area contributed by atoms with Crippen LogP contribution in [0.5, 0.6) is 0 Å². The van der Waals surface area contributed by atoms with Gasteiger partial charge in [-0.1, -0.05) is 48.0 Å². The Morgan fingerprint density at radius 2 is 1.68 bits per heavy atom. The number of nitrogens with one attached hydrogen (secondary N) is 1. The number of para-hydroxylation sites is 1. The fourth-order valence-corrected chi connectivity index (χ4v) is 4.26. The molecule has 0 amide bonds. The smallest absolute Gasteiger partial charge is 0.0458 e. The van der Waals surface area contributed by atoms with Gasteiger partial charge in [0.1, 0.15) is 0 Å². The largest absolute Gasteiger partial charge is 0.358 e. The summed E-state index contributed by atoms with van der Waals surface area (Å²) in [5.74, 6) is 0.742. The molecule has 1 saturated heterocycles. The molecule has 1 aliphatic rings. The number of aromatic amines is 1. The van der Waals surface area contributed by atoms with Gasteiger partial charge in [0.15, 0.2) is 0 Å². The topological polar surface area (TPSA) is 19.0 Å². The summed E-state index contributed by atoms with van der Waals surface area (Å²) >= 11 is 0. The number of piperidine rings is 1. The van der Waals surface area contributed by atoms with Gasteiger partial charge in [-0.25, -0.2) is 0 Å². The molecule has 1 N–H and O–H groups in total. The summed E-state index contributed by atoms with van der Waals surface area (Å²) in [6.07, 6.45) is 3.72. The van der Waals surface area contributed by atoms with Gasteiger partial charge >= 0.3 is 0 Å². The molecule has 2 heterocycles. The highest BCUT2D eigenvalue weighted by Crippen LogP contribution is 2.29. The lowest BCUT2D eigenvalue weighted by Crippen LogP contribution is -2.34. The van der Waals surface area contributed by atoms with E-state index in [0.29, 0.717) is 0 Å². The third kappa shape index (κ3) is 3.50. The van der Waals surface area contributed by atoms with Crippen molar-refractivity contribution in [2.24, 2.45) is 0 Å². The molecule has 0 atom stereocenters. The van der Waals surface area contributed by atoms with Crippen LogP contribution >= 0.6 is 0 Å². The maximum absolute atomic E-state index is 3.53. The summed E-state index contributed by atoms with van der Waals surface area (Å²) in [6, 6.07) is 17.8. The fourth-order valence-electron chi connectivity index (χ4n) is 4.26. The number of aromatic nitrogens is 1. The SMILES string of the molecule is Cc1ccc(C2CCN(CCc3c(C)[nH]c4ccccc34)CC2)cc1. The van der Waals surface area contributed by atoms with Crippen LogP contribution in [0.25, 0.3) is 10.9 Å². The van der Waals surface area contributed by atoms with Crippen LogP contribution in [0.15, 0.2) is 48.5 Å². The van der Waals surface area contributed by atoms with Crippen LogP contribution in [0.2, 0.25) is 0 Å². The Kier molecular flexibility index (Phi) is 4.63. The van der Waals surface area contributed by atoms with E-state index in [9.17, 15) is 0 Å². The van der Waals surface area contributed by atoms with Gasteiger partial charge in [-0.05, 0) is 69.3 Å². The first-order valence-corrected chi connectivity index (χ1v) is 9.56. The Bertz CT molecular complexity index is 836. The maximum Gasteiger partial charge on any atom is 0.0458 e. The lowest BCUT2D eigenvalue weighted by Gasteiger charge is -2.32. The van der Waals surface area contributed by atoms with Crippen molar-refractivity contribution >= 4 is 10.9 Å². The van der Waals surface area contributed by atoms with E-state index >= 15 is 0 Å². The molecule has 3 aromatic rings. The van der Waals surface area contributed by atoms with Crippen molar-refractivity contribution in [1.82, 2.24) is 9.88 Å². The number of fused-ring (bicyclic) bond motifs is 1. The van der Waals surface area contributed by atoms with Crippen LogP contribution in [0.1, 0.15) is 41.1 Å². The van der Waals surface area contributed by atoms with E-state index in [0.717, 1.165) is 12.3 Å². The molecule has 0 spiro atoms. The molecule has 25 heavy (non-hydrogen) atoms. The quantitative estimate of drug-likeness (QED) is 0.695. The number of nitrogens with zero attached hydrogens (tertiary/aromatic N) is 1. The summed E-state index contributed by atoms with van der Waals surface area (Å²) in [4.78, 5) is 6.17. The number of hydrogen-bond donors (Lipinski definition) is 1. The number of H-pyrrole nitrogens is 1. The van der Waals surface area contributed by atoms with Crippen molar-refractivity contribution in [1.29, 1.82) is 0 Å². The first-order chi connectivity index (χ1) is 12.2. The predicted octanol–water partition coefficient (Wildman–Crippen LogP) is 5.21. The van der Waals surface area contributed by atoms with Gasteiger partial charge in [0, 0.05) is 23.1 Å². The summed E-state index contributed by atoms with van der Waals surface area (Å²) in [5.41, 5.74) is 6.98. The van der Waals surface area contributed by atoms with Crippen LogP contribution in [-0.2, 0) is 6.42 Å². The lowest BCUT2D eigenvalue weighted by atomic mass is 9.89. The van der Waals surface area contributed by atoms with Crippen molar-refractivity contribution in [3.05, 3.63) is 70.9 Å². The number of benzene rings is 2. The van der Waals surface area contributed by atoms with Crippen LogP contribution in [0, 0.1) is 13.8 Å². The van der Waals surface area contributed by atoms with Gasteiger partial charge in [-0.2, -0.15) is 0 Å². The average Bonchev–Trinajstić information content (AvgIpc) is 2.96. The molecule has 2 nitrogen and oxygen atoms in total. The second kappa shape index (κ2) is 7.05.